The Balaban J connectivity index is 3.90. The molecule has 164 valence electrons. The molecular weight excluding hydrogens is 354 g/mol. The van der Waals surface area contributed by atoms with Gasteiger partial charge in [0.15, 0.2) is 0 Å². The summed E-state index contributed by atoms with van der Waals surface area (Å²) in [6, 6.07) is -1.17. The van der Waals surface area contributed by atoms with E-state index in [1.165, 1.54) is 44.6 Å². The number of nitrogens with two attached hydrogens (primary N) is 1. The molecule has 0 saturated carbocycles. The lowest BCUT2D eigenvalue weighted by atomic mass is 9.91. The smallest absolute Gasteiger partial charge is 0.338 e. The summed E-state index contributed by atoms with van der Waals surface area (Å²) >= 11 is 0. The van der Waals surface area contributed by atoms with Gasteiger partial charge in [-0.05, 0) is 37.5 Å². The van der Waals surface area contributed by atoms with E-state index in [2.05, 4.69) is 32.4 Å². The van der Waals surface area contributed by atoms with Gasteiger partial charge in [-0.3, -0.25) is 0 Å². The van der Waals surface area contributed by atoms with E-state index in [9.17, 15) is 9.59 Å². The predicted molar refractivity (Wildman–Crippen MR) is 115 cm³/mol. The Kier molecular flexibility index (Phi) is 15.0. The molecule has 5 heteroatoms. The molecule has 0 spiro atoms. The third-order valence-corrected chi connectivity index (χ3v) is 5.21. The van der Waals surface area contributed by atoms with Gasteiger partial charge in [0.05, 0.1) is 6.61 Å². The van der Waals surface area contributed by atoms with Crippen LogP contribution in [-0.4, -0.2) is 29.7 Å². The number of hydrogen-bond donors (Lipinski definition) is 2. The van der Waals surface area contributed by atoms with Gasteiger partial charge in [-0.1, -0.05) is 78.2 Å². The van der Waals surface area contributed by atoms with Crippen molar-refractivity contribution in [3.8, 4) is 0 Å². The van der Waals surface area contributed by atoms with Crippen LogP contribution in [-0.2, 0) is 14.3 Å². The third-order valence-electron chi connectivity index (χ3n) is 5.21. The highest BCUT2D eigenvalue weighted by Gasteiger charge is 2.16. The molecule has 0 aliphatic carbocycles. The van der Waals surface area contributed by atoms with Gasteiger partial charge < -0.3 is 15.6 Å². The average molecular weight is 398 g/mol. The monoisotopic (exact) mass is 397 g/mol. The van der Waals surface area contributed by atoms with Crippen LogP contribution in [0.4, 0.5) is 0 Å². The van der Waals surface area contributed by atoms with Crippen LogP contribution in [0.3, 0.4) is 0 Å². The zero-order valence-electron chi connectivity index (χ0n) is 18.7. The molecule has 0 heterocycles. The molecule has 0 rings (SSSR count). The highest BCUT2D eigenvalue weighted by atomic mass is 16.6. The van der Waals surface area contributed by atoms with E-state index < -0.39 is 24.6 Å². The molecule has 0 aliphatic rings. The lowest BCUT2D eigenvalue weighted by Gasteiger charge is -2.15. The fraction of sp³-hybridized carbons (Fsp3) is 0.826. The van der Waals surface area contributed by atoms with Gasteiger partial charge in [0, 0.05) is 6.08 Å². The second-order valence-corrected chi connectivity index (χ2v) is 8.88. The van der Waals surface area contributed by atoms with Crippen LogP contribution in [0.2, 0.25) is 0 Å². The van der Waals surface area contributed by atoms with Gasteiger partial charge in [-0.25, -0.2) is 9.59 Å². The average Bonchev–Trinajstić information content (AvgIpc) is 2.60. The van der Waals surface area contributed by atoms with Gasteiger partial charge in [0.1, 0.15) is 6.04 Å². The number of rotatable bonds is 15. The minimum Gasteiger partial charge on any atom is -0.394 e. The summed E-state index contributed by atoms with van der Waals surface area (Å²) in [4.78, 5) is 23.0. The fourth-order valence-electron chi connectivity index (χ4n) is 3.26. The number of carbonyl (C=O) groups excluding carboxylic acids is 2. The van der Waals surface area contributed by atoms with E-state index >= 15 is 0 Å². The molecular formula is C23H43NO4. The molecule has 0 bridgehead atoms. The minimum atomic E-state index is -1.17. The SMILES string of the molecule is C/C(=C\C(=O)OC(=O)[C@@H](N)CO)CCC[C@H](C)CCC[C@H](C)CCCC(C)C. The van der Waals surface area contributed by atoms with Gasteiger partial charge in [-0.2, -0.15) is 0 Å². The summed E-state index contributed by atoms with van der Waals surface area (Å²) in [7, 11) is 0. The second-order valence-electron chi connectivity index (χ2n) is 8.88. The minimum absolute atomic E-state index is 0.538. The van der Waals surface area contributed by atoms with Crippen LogP contribution in [0.25, 0.3) is 0 Å². The van der Waals surface area contributed by atoms with Crippen molar-refractivity contribution < 1.29 is 19.4 Å². The molecule has 3 N–H and O–H groups in total. The first-order valence-electron chi connectivity index (χ1n) is 10.9. The quantitative estimate of drug-likeness (QED) is 0.236. The second kappa shape index (κ2) is 15.7. The van der Waals surface area contributed by atoms with E-state index in [1.807, 2.05) is 6.92 Å². The largest absolute Gasteiger partial charge is 0.394 e. The van der Waals surface area contributed by atoms with Crippen molar-refractivity contribution in [2.45, 2.75) is 98.4 Å². The van der Waals surface area contributed by atoms with Crippen molar-refractivity contribution in [2.24, 2.45) is 23.5 Å². The Hall–Kier alpha value is -1.20. The van der Waals surface area contributed by atoms with E-state index in [-0.39, 0.29) is 0 Å². The van der Waals surface area contributed by atoms with E-state index in [1.54, 1.807) is 0 Å². The summed E-state index contributed by atoms with van der Waals surface area (Å²) in [5.74, 6) is 0.704. The Labute approximate surface area is 172 Å². The Morgan fingerprint density at radius 3 is 1.93 bits per heavy atom. The first-order valence-corrected chi connectivity index (χ1v) is 10.9. The molecule has 0 aliphatic heterocycles. The van der Waals surface area contributed by atoms with Gasteiger partial charge in [0.2, 0.25) is 0 Å². The van der Waals surface area contributed by atoms with Crippen molar-refractivity contribution in [3.63, 3.8) is 0 Å². The van der Waals surface area contributed by atoms with Gasteiger partial charge in [-0.15, -0.1) is 0 Å². The van der Waals surface area contributed by atoms with E-state index in [4.69, 9.17) is 10.8 Å². The lowest BCUT2D eigenvalue weighted by Crippen LogP contribution is -2.36. The lowest BCUT2D eigenvalue weighted by molar-refractivity contribution is -0.157. The van der Waals surface area contributed by atoms with E-state index in [0.29, 0.717) is 5.92 Å². The van der Waals surface area contributed by atoms with Crippen molar-refractivity contribution in [1.82, 2.24) is 0 Å². The Morgan fingerprint density at radius 1 is 0.929 bits per heavy atom. The molecule has 0 fully saturated rings. The molecule has 0 amide bonds. The third kappa shape index (κ3) is 14.8. The molecule has 0 aromatic carbocycles. The van der Waals surface area contributed by atoms with E-state index in [0.717, 1.165) is 36.7 Å². The van der Waals surface area contributed by atoms with Gasteiger partial charge >= 0.3 is 11.9 Å². The summed E-state index contributed by atoms with van der Waals surface area (Å²) in [5, 5.41) is 8.77. The number of allylic oxidation sites excluding steroid dienone is 1. The molecule has 0 unspecified atom stereocenters. The van der Waals surface area contributed by atoms with Gasteiger partial charge in [0.25, 0.3) is 0 Å². The highest BCUT2D eigenvalue weighted by molar-refractivity contribution is 5.94. The summed E-state index contributed by atoms with van der Waals surface area (Å²) in [6.07, 6.45) is 12.2. The fourth-order valence-corrected chi connectivity index (χ4v) is 3.26. The molecule has 28 heavy (non-hydrogen) atoms. The molecule has 3 atom stereocenters. The Morgan fingerprint density at radius 2 is 1.43 bits per heavy atom. The number of hydrogen-bond acceptors (Lipinski definition) is 5. The first kappa shape index (κ1) is 26.8. The Bertz CT molecular complexity index is 473. The number of carbonyl (C=O) groups is 2. The van der Waals surface area contributed by atoms with Crippen LogP contribution in [0.15, 0.2) is 11.6 Å². The van der Waals surface area contributed by atoms with Crippen LogP contribution in [0, 0.1) is 17.8 Å². The van der Waals surface area contributed by atoms with Crippen LogP contribution in [0.1, 0.15) is 92.4 Å². The van der Waals surface area contributed by atoms with Crippen LogP contribution in [0.5, 0.6) is 0 Å². The van der Waals surface area contributed by atoms with Crippen molar-refractivity contribution in [1.29, 1.82) is 0 Å². The standard InChI is InChI=1S/C23H43NO4/c1-17(2)9-6-10-18(3)11-7-12-19(4)13-8-14-20(5)15-22(26)28-23(27)21(24)16-25/h15,17-19,21,25H,6-14,16,24H2,1-5H3/b20-15+/t18-,19-,21+/m1/s1. The maximum absolute atomic E-state index is 11.6. The summed E-state index contributed by atoms with van der Waals surface area (Å²) < 4.78 is 4.58. The molecule has 0 saturated heterocycles. The van der Waals surface area contributed by atoms with Crippen molar-refractivity contribution in [2.75, 3.05) is 6.61 Å². The number of esters is 2. The molecule has 0 aromatic heterocycles. The van der Waals surface area contributed by atoms with Crippen LogP contribution < -0.4 is 5.73 Å². The number of aliphatic hydroxyl groups excluding tert-OH is 1. The molecule has 0 radical (unpaired) electrons. The zero-order chi connectivity index (χ0) is 21.5. The van der Waals surface area contributed by atoms with Crippen molar-refractivity contribution in [3.05, 3.63) is 11.6 Å². The number of ether oxygens (including phenoxy) is 1. The van der Waals surface area contributed by atoms with Crippen LogP contribution >= 0.6 is 0 Å². The highest BCUT2D eigenvalue weighted by Crippen LogP contribution is 2.22. The predicted octanol–water partition coefficient (Wildman–Crippen LogP) is 4.76. The normalized spacial score (nSPS) is 15.4. The summed E-state index contributed by atoms with van der Waals surface area (Å²) in [6.45, 7) is 10.6. The molecule has 5 nitrogen and oxygen atoms in total. The topological polar surface area (TPSA) is 89.6 Å². The molecule has 0 aromatic rings. The maximum atomic E-state index is 11.6. The maximum Gasteiger partial charge on any atom is 0.338 e. The summed E-state index contributed by atoms with van der Waals surface area (Å²) in [5.41, 5.74) is 6.20. The first-order chi connectivity index (χ1) is 13.1. The number of aliphatic hydroxyl groups is 1. The van der Waals surface area contributed by atoms with Crippen molar-refractivity contribution >= 4 is 11.9 Å². The zero-order valence-corrected chi connectivity index (χ0v) is 18.7.